The first kappa shape index (κ1) is 15.2. The summed E-state index contributed by atoms with van der Waals surface area (Å²) in [6.07, 6.45) is 0.824. The van der Waals surface area contributed by atoms with Gasteiger partial charge in [0.1, 0.15) is 5.82 Å². The Morgan fingerprint density at radius 1 is 0.952 bits per heavy atom. The van der Waals surface area contributed by atoms with E-state index >= 15 is 0 Å². The van der Waals surface area contributed by atoms with Gasteiger partial charge in [0.15, 0.2) is 0 Å². The minimum absolute atomic E-state index is 0.0342. The molecule has 110 valence electrons. The van der Waals surface area contributed by atoms with Crippen LogP contribution < -0.4 is 10.6 Å². The zero-order valence-electron chi connectivity index (χ0n) is 11.8. The molecule has 0 spiro atoms. The minimum Gasteiger partial charge on any atom is -0.355 e. The van der Waals surface area contributed by atoms with E-state index < -0.39 is 0 Å². The van der Waals surface area contributed by atoms with Crippen molar-refractivity contribution < 1.29 is 9.18 Å². The Balaban J connectivity index is 1.60. The maximum atomic E-state index is 12.7. The van der Waals surface area contributed by atoms with Crippen molar-refractivity contribution in [1.82, 2.24) is 10.6 Å². The maximum Gasteiger partial charge on any atom is 0.233 e. The van der Waals surface area contributed by atoms with E-state index in [2.05, 4.69) is 10.6 Å². The molecule has 0 fully saturated rings. The fourth-order valence-electron chi connectivity index (χ4n) is 1.98. The van der Waals surface area contributed by atoms with Crippen molar-refractivity contribution >= 4 is 5.91 Å². The van der Waals surface area contributed by atoms with Gasteiger partial charge in [0.05, 0.1) is 6.54 Å². The van der Waals surface area contributed by atoms with Gasteiger partial charge >= 0.3 is 0 Å². The molecule has 2 aromatic rings. The van der Waals surface area contributed by atoms with Crippen LogP contribution in [0.25, 0.3) is 0 Å². The lowest BCUT2D eigenvalue weighted by Crippen LogP contribution is -2.34. The standard InChI is InChI=1S/C17H19FN2O/c18-16-8-6-15(7-9-16)12-19-13-17(21)20-11-10-14-4-2-1-3-5-14/h1-9,19H,10-13H2,(H,20,21). The summed E-state index contributed by atoms with van der Waals surface area (Å²) in [7, 11) is 0. The molecule has 0 aliphatic rings. The first-order chi connectivity index (χ1) is 10.2. The number of amides is 1. The zero-order valence-corrected chi connectivity index (χ0v) is 11.8. The normalized spacial score (nSPS) is 10.3. The largest absolute Gasteiger partial charge is 0.355 e. The number of carbonyl (C=O) groups excluding carboxylic acids is 1. The SMILES string of the molecule is O=C(CNCc1ccc(F)cc1)NCCc1ccccc1. The molecule has 0 bridgehead atoms. The first-order valence-electron chi connectivity index (χ1n) is 7.00. The molecule has 0 saturated carbocycles. The van der Waals surface area contributed by atoms with E-state index in [4.69, 9.17) is 0 Å². The Bertz CT molecular complexity index is 555. The van der Waals surface area contributed by atoms with E-state index in [1.54, 1.807) is 12.1 Å². The molecule has 0 saturated heterocycles. The van der Waals surface area contributed by atoms with E-state index in [0.717, 1.165) is 12.0 Å². The van der Waals surface area contributed by atoms with Gasteiger partial charge in [-0.05, 0) is 29.7 Å². The van der Waals surface area contributed by atoms with E-state index in [1.165, 1.54) is 17.7 Å². The summed E-state index contributed by atoms with van der Waals surface area (Å²) in [4.78, 5) is 11.6. The number of rotatable bonds is 7. The number of benzene rings is 2. The van der Waals surface area contributed by atoms with Crippen molar-refractivity contribution in [2.45, 2.75) is 13.0 Å². The highest BCUT2D eigenvalue weighted by Crippen LogP contribution is 2.01. The summed E-state index contributed by atoms with van der Waals surface area (Å²) < 4.78 is 12.7. The van der Waals surface area contributed by atoms with Gasteiger partial charge in [-0.2, -0.15) is 0 Å². The summed E-state index contributed by atoms with van der Waals surface area (Å²) in [6, 6.07) is 16.3. The molecule has 0 aliphatic heterocycles. The average Bonchev–Trinajstić information content (AvgIpc) is 2.50. The van der Waals surface area contributed by atoms with E-state index in [9.17, 15) is 9.18 Å². The summed E-state index contributed by atoms with van der Waals surface area (Å²) in [5, 5.41) is 5.90. The third-order valence-corrected chi connectivity index (χ3v) is 3.11. The van der Waals surface area contributed by atoms with Crippen molar-refractivity contribution in [2.75, 3.05) is 13.1 Å². The molecule has 0 heterocycles. The highest BCUT2D eigenvalue weighted by molar-refractivity contribution is 5.77. The number of hydrogen-bond donors (Lipinski definition) is 2. The van der Waals surface area contributed by atoms with Crippen molar-refractivity contribution in [3.8, 4) is 0 Å². The molecular weight excluding hydrogens is 267 g/mol. The van der Waals surface area contributed by atoms with Crippen LogP contribution in [0.4, 0.5) is 4.39 Å². The van der Waals surface area contributed by atoms with Gasteiger partial charge in [0.25, 0.3) is 0 Å². The van der Waals surface area contributed by atoms with Gasteiger partial charge in [-0.1, -0.05) is 42.5 Å². The molecule has 0 atom stereocenters. The van der Waals surface area contributed by atoms with Crippen LogP contribution in [0.3, 0.4) is 0 Å². The highest BCUT2D eigenvalue weighted by Gasteiger charge is 2.01. The van der Waals surface area contributed by atoms with Gasteiger partial charge < -0.3 is 10.6 Å². The monoisotopic (exact) mass is 286 g/mol. The van der Waals surface area contributed by atoms with Gasteiger partial charge in [-0.15, -0.1) is 0 Å². The van der Waals surface area contributed by atoms with Crippen LogP contribution in [0.15, 0.2) is 54.6 Å². The summed E-state index contributed by atoms with van der Waals surface area (Å²) in [5.41, 5.74) is 2.16. The smallest absolute Gasteiger partial charge is 0.233 e. The Morgan fingerprint density at radius 3 is 2.38 bits per heavy atom. The topological polar surface area (TPSA) is 41.1 Å². The second-order valence-electron chi connectivity index (χ2n) is 4.82. The van der Waals surface area contributed by atoms with Crippen LogP contribution >= 0.6 is 0 Å². The molecule has 2 rings (SSSR count). The molecule has 2 N–H and O–H groups in total. The number of hydrogen-bond acceptors (Lipinski definition) is 2. The molecule has 0 radical (unpaired) electrons. The fourth-order valence-corrected chi connectivity index (χ4v) is 1.98. The summed E-state index contributed by atoms with van der Waals surface area (Å²) in [6.45, 7) is 1.43. The van der Waals surface area contributed by atoms with Crippen molar-refractivity contribution in [3.05, 3.63) is 71.5 Å². The molecule has 4 heteroatoms. The lowest BCUT2D eigenvalue weighted by atomic mass is 10.1. The second kappa shape index (κ2) is 8.17. The van der Waals surface area contributed by atoms with E-state index in [1.807, 2.05) is 30.3 Å². The van der Waals surface area contributed by atoms with Crippen molar-refractivity contribution in [3.63, 3.8) is 0 Å². The Kier molecular flexibility index (Phi) is 5.91. The number of nitrogens with one attached hydrogen (secondary N) is 2. The molecular formula is C17H19FN2O. The molecule has 21 heavy (non-hydrogen) atoms. The van der Waals surface area contributed by atoms with E-state index in [0.29, 0.717) is 13.1 Å². The quantitative estimate of drug-likeness (QED) is 0.820. The predicted molar refractivity (Wildman–Crippen MR) is 81.3 cm³/mol. The molecule has 0 unspecified atom stereocenters. The van der Waals surface area contributed by atoms with Crippen LogP contribution in [0, 0.1) is 5.82 Å². The zero-order chi connectivity index (χ0) is 14.9. The second-order valence-corrected chi connectivity index (χ2v) is 4.82. The maximum absolute atomic E-state index is 12.7. The fraction of sp³-hybridized carbons (Fsp3) is 0.235. The van der Waals surface area contributed by atoms with Crippen LogP contribution in [0.1, 0.15) is 11.1 Å². The molecule has 2 aromatic carbocycles. The van der Waals surface area contributed by atoms with Gasteiger partial charge in [0.2, 0.25) is 5.91 Å². The van der Waals surface area contributed by atoms with Crippen LogP contribution in [-0.4, -0.2) is 19.0 Å². The third-order valence-electron chi connectivity index (χ3n) is 3.11. The van der Waals surface area contributed by atoms with E-state index in [-0.39, 0.29) is 18.3 Å². The van der Waals surface area contributed by atoms with Gasteiger partial charge in [-0.25, -0.2) is 4.39 Å². The lowest BCUT2D eigenvalue weighted by molar-refractivity contribution is -0.120. The highest BCUT2D eigenvalue weighted by atomic mass is 19.1. The number of carbonyl (C=O) groups is 1. The van der Waals surface area contributed by atoms with Crippen molar-refractivity contribution in [2.24, 2.45) is 0 Å². The lowest BCUT2D eigenvalue weighted by Gasteiger charge is -2.07. The average molecular weight is 286 g/mol. The van der Waals surface area contributed by atoms with Crippen molar-refractivity contribution in [1.29, 1.82) is 0 Å². The summed E-state index contributed by atoms with van der Waals surface area (Å²) >= 11 is 0. The Morgan fingerprint density at radius 2 is 1.67 bits per heavy atom. The van der Waals surface area contributed by atoms with Crippen LogP contribution in [0.2, 0.25) is 0 Å². The Labute approximate surface area is 124 Å². The minimum atomic E-state index is -0.252. The molecule has 1 amide bonds. The van der Waals surface area contributed by atoms with Crippen LogP contribution in [-0.2, 0) is 17.8 Å². The van der Waals surface area contributed by atoms with Gasteiger partial charge in [-0.3, -0.25) is 4.79 Å². The molecule has 0 aromatic heterocycles. The number of halogens is 1. The Hall–Kier alpha value is -2.20. The summed E-state index contributed by atoms with van der Waals surface area (Å²) in [5.74, 6) is -0.287. The van der Waals surface area contributed by atoms with Crippen LogP contribution in [0.5, 0.6) is 0 Å². The molecule has 0 aliphatic carbocycles. The first-order valence-corrected chi connectivity index (χ1v) is 7.00. The van der Waals surface area contributed by atoms with Gasteiger partial charge in [0, 0.05) is 13.1 Å². The molecule has 3 nitrogen and oxygen atoms in total. The third kappa shape index (κ3) is 5.75. The predicted octanol–water partition coefficient (Wildman–Crippen LogP) is 2.27.